The van der Waals surface area contributed by atoms with E-state index >= 15 is 0 Å². The number of fused-ring (bicyclic) bond motifs is 1. The SMILES string of the molecule is O=C(O)C#CCc1ccc2c(c1)OCO2. The molecule has 0 aromatic heterocycles. The molecular weight excluding hydrogens is 196 g/mol. The van der Waals surface area contributed by atoms with E-state index in [0.717, 1.165) is 5.56 Å². The molecule has 1 aromatic carbocycles. The fourth-order valence-corrected chi connectivity index (χ4v) is 1.27. The van der Waals surface area contributed by atoms with Crippen LogP contribution >= 0.6 is 0 Å². The smallest absolute Gasteiger partial charge is 0.381 e. The molecule has 0 aliphatic carbocycles. The molecule has 0 atom stereocenters. The van der Waals surface area contributed by atoms with Crippen molar-refractivity contribution in [2.45, 2.75) is 6.42 Å². The molecule has 0 fully saturated rings. The monoisotopic (exact) mass is 204 g/mol. The summed E-state index contributed by atoms with van der Waals surface area (Å²) in [4.78, 5) is 10.2. The molecule has 4 heteroatoms. The average Bonchev–Trinajstić information content (AvgIpc) is 2.64. The molecule has 4 nitrogen and oxygen atoms in total. The highest BCUT2D eigenvalue weighted by molar-refractivity contribution is 5.86. The van der Waals surface area contributed by atoms with Crippen LogP contribution < -0.4 is 9.47 Å². The minimum Gasteiger partial charge on any atom is -0.472 e. The van der Waals surface area contributed by atoms with Crippen molar-refractivity contribution < 1.29 is 19.4 Å². The van der Waals surface area contributed by atoms with E-state index in [1.165, 1.54) is 0 Å². The minimum absolute atomic E-state index is 0.236. The Balaban J connectivity index is 2.11. The highest BCUT2D eigenvalue weighted by Gasteiger charge is 2.12. The Morgan fingerprint density at radius 1 is 1.40 bits per heavy atom. The van der Waals surface area contributed by atoms with Crippen LogP contribution in [0.4, 0.5) is 0 Å². The third kappa shape index (κ3) is 2.20. The maximum Gasteiger partial charge on any atom is 0.381 e. The molecule has 76 valence electrons. The van der Waals surface area contributed by atoms with Crippen molar-refractivity contribution in [1.29, 1.82) is 0 Å². The summed E-state index contributed by atoms with van der Waals surface area (Å²) in [5, 5.41) is 8.33. The van der Waals surface area contributed by atoms with Gasteiger partial charge in [0.1, 0.15) is 0 Å². The van der Waals surface area contributed by atoms with Crippen LogP contribution in [-0.4, -0.2) is 17.9 Å². The number of ether oxygens (including phenoxy) is 2. The molecule has 1 aliphatic rings. The zero-order chi connectivity index (χ0) is 10.7. The normalized spacial score (nSPS) is 11.7. The summed E-state index contributed by atoms with van der Waals surface area (Å²) in [7, 11) is 0. The molecule has 1 N–H and O–H groups in total. The van der Waals surface area contributed by atoms with E-state index in [4.69, 9.17) is 14.6 Å². The Bertz CT molecular complexity index is 453. The van der Waals surface area contributed by atoms with Gasteiger partial charge in [-0.05, 0) is 17.7 Å². The van der Waals surface area contributed by atoms with Crippen LogP contribution in [0, 0.1) is 11.8 Å². The summed E-state index contributed by atoms with van der Waals surface area (Å²) in [6.07, 6.45) is 0.392. The van der Waals surface area contributed by atoms with Gasteiger partial charge in [0.05, 0.1) is 0 Å². The highest BCUT2D eigenvalue weighted by atomic mass is 16.7. The van der Waals surface area contributed by atoms with Crippen LogP contribution in [0.3, 0.4) is 0 Å². The van der Waals surface area contributed by atoms with E-state index in [9.17, 15) is 4.79 Å². The molecule has 0 amide bonds. The maximum absolute atomic E-state index is 10.2. The summed E-state index contributed by atoms with van der Waals surface area (Å²) in [6, 6.07) is 5.43. The van der Waals surface area contributed by atoms with Gasteiger partial charge in [0.15, 0.2) is 11.5 Å². The summed E-state index contributed by atoms with van der Waals surface area (Å²) < 4.78 is 10.3. The summed E-state index contributed by atoms with van der Waals surface area (Å²) in [5.74, 6) is 4.89. The fraction of sp³-hybridized carbons (Fsp3) is 0.182. The van der Waals surface area contributed by atoms with E-state index in [0.29, 0.717) is 17.9 Å². The van der Waals surface area contributed by atoms with E-state index in [2.05, 4.69) is 11.8 Å². The van der Waals surface area contributed by atoms with E-state index in [-0.39, 0.29) is 6.79 Å². The lowest BCUT2D eigenvalue weighted by atomic mass is 10.1. The zero-order valence-corrected chi connectivity index (χ0v) is 7.82. The number of carbonyl (C=O) groups is 1. The molecule has 0 bridgehead atoms. The Kier molecular flexibility index (Phi) is 2.46. The predicted octanol–water partition coefficient (Wildman–Crippen LogP) is 1.05. The van der Waals surface area contributed by atoms with Crippen LogP contribution in [0.25, 0.3) is 0 Å². The number of hydrogen-bond donors (Lipinski definition) is 1. The van der Waals surface area contributed by atoms with Crippen molar-refractivity contribution in [2.24, 2.45) is 0 Å². The van der Waals surface area contributed by atoms with Gasteiger partial charge in [0, 0.05) is 12.3 Å². The second kappa shape index (κ2) is 3.93. The number of aliphatic carboxylic acids is 1. The Hall–Kier alpha value is -2.15. The average molecular weight is 204 g/mol. The second-order valence-corrected chi connectivity index (χ2v) is 2.97. The predicted molar refractivity (Wildman–Crippen MR) is 51.7 cm³/mol. The van der Waals surface area contributed by atoms with Gasteiger partial charge in [-0.2, -0.15) is 0 Å². The molecule has 0 saturated carbocycles. The van der Waals surface area contributed by atoms with Crippen molar-refractivity contribution >= 4 is 5.97 Å². The molecule has 0 unspecified atom stereocenters. The van der Waals surface area contributed by atoms with Crippen LogP contribution in [-0.2, 0) is 11.2 Å². The standard InChI is InChI=1S/C11H8O4/c12-11(13)3-1-2-8-4-5-9-10(6-8)15-7-14-9/h4-6H,2,7H2,(H,12,13). The first kappa shape index (κ1) is 9.41. The first-order valence-corrected chi connectivity index (χ1v) is 4.36. The Labute approximate surface area is 86.4 Å². The van der Waals surface area contributed by atoms with E-state index in [1.807, 2.05) is 6.07 Å². The van der Waals surface area contributed by atoms with Crippen molar-refractivity contribution in [3.05, 3.63) is 23.8 Å². The zero-order valence-electron chi connectivity index (χ0n) is 7.82. The van der Waals surface area contributed by atoms with Crippen LogP contribution in [0.15, 0.2) is 18.2 Å². The topological polar surface area (TPSA) is 55.8 Å². The summed E-state index contributed by atoms with van der Waals surface area (Å²) in [6.45, 7) is 0.236. The molecule has 0 spiro atoms. The fourth-order valence-electron chi connectivity index (χ4n) is 1.27. The number of hydrogen-bond acceptors (Lipinski definition) is 3. The first-order valence-electron chi connectivity index (χ1n) is 4.36. The lowest BCUT2D eigenvalue weighted by Gasteiger charge is -1.97. The van der Waals surface area contributed by atoms with Gasteiger partial charge >= 0.3 is 5.97 Å². The quantitative estimate of drug-likeness (QED) is 0.694. The molecule has 1 heterocycles. The van der Waals surface area contributed by atoms with Gasteiger partial charge < -0.3 is 14.6 Å². The van der Waals surface area contributed by atoms with Gasteiger partial charge in [0.2, 0.25) is 6.79 Å². The largest absolute Gasteiger partial charge is 0.472 e. The van der Waals surface area contributed by atoms with Crippen molar-refractivity contribution in [2.75, 3.05) is 6.79 Å². The maximum atomic E-state index is 10.2. The highest BCUT2D eigenvalue weighted by Crippen LogP contribution is 2.32. The Morgan fingerprint density at radius 2 is 2.20 bits per heavy atom. The first-order chi connectivity index (χ1) is 7.25. The third-order valence-electron chi connectivity index (χ3n) is 1.92. The number of carboxylic acid groups (broad SMARTS) is 1. The van der Waals surface area contributed by atoms with Gasteiger partial charge in [-0.1, -0.05) is 12.0 Å². The van der Waals surface area contributed by atoms with Gasteiger partial charge in [-0.25, -0.2) is 4.79 Å². The third-order valence-corrected chi connectivity index (χ3v) is 1.92. The van der Waals surface area contributed by atoms with Crippen molar-refractivity contribution in [3.8, 4) is 23.3 Å². The lowest BCUT2D eigenvalue weighted by molar-refractivity contribution is -0.130. The van der Waals surface area contributed by atoms with Crippen LogP contribution in [0.2, 0.25) is 0 Å². The minimum atomic E-state index is -1.12. The number of benzene rings is 1. The molecule has 2 rings (SSSR count). The van der Waals surface area contributed by atoms with Crippen molar-refractivity contribution in [3.63, 3.8) is 0 Å². The summed E-state index contributed by atoms with van der Waals surface area (Å²) >= 11 is 0. The van der Waals surface area contributed by atoms with Gasteiger partial charge in [-0.3, -0.25) is 0 Å². The second-order valence-electron chi connectivity index (χ2n) is 2.97. The molecule has 0 radical (unpaired) electrons. The van der Waals surface area contributed by atoms with Gasteiger partial charge in [0.25, 0.3) is 0 Å². The van der Waals surface area contributed by atoms with Crippen molar-refractivity contribution in [1.82, 2.24) is 0 Å². The molecule has 15 heavy (non-hydrogen) atoms. The van der Waals surface area contributed by atoms with Crippen LogP contribution in [0.1, 0.15) is 5.56 Å². The molecular formula is C11H8O4. The molecule has 1 aliphatic heterocycles. The van der Waals surface area contributed by atoms with E-state index < -0.39 is 5.97 Å². The van der Waals surface area contributed by atoms with E-state index in [1.54, 1.807) is 12.1 Å². The number of rotatable bonds is 1. The summed E-state index contributed by atoms with van der Waals surface area (Å²) in [5.41, 5.74) is 0.910. The Morgan fingerprint density at radius 3 is 3.00 bits per heavy atom. The molecule has 0 saturated heterocycles. The van der Waals surface area contributed by atoms with Gasteiger partial charge in [-0.15, -0.1) is 0 Å². The van der Waals surface area contributed by atoms with Crippen LogP contribution in [0.5, 0.6) is 11.5 Å². The lowest BCUT2D eigenvalue weighted by Crippen LogP contribution is -1.92. The number of carboxylic acids is 1. The molecule has 1 aromatic rings.